The summed E-state index contributed by atoms with van der Waals surface area (Å²) < 4.78 is 8.15. The SMILES string of the molecule is CCn1c(-c2cc(C)ccc2C)csc1=Nc1ccc(Oc2ccccc2)cc1. The van der Waals surface area contributed by atoms with Gasteiger partial charge in [0.1, 0.15) is 11.5 Å². The Morgan fingerprint density at radius 2 is 1.62 bits per heavy atom. The lowest BCUT2D eigenvalue weighted by molar-refractivity contribution is 0.483. The smallest absolute Gasteiger partial charge is 0.190 e. The summed E-state index contributed by atoms with van der Waals surface area (Å²) >= 11 is 1.68. The summed E-state index contributed by atoms with van der Waals surface area (Å²) in [7, 11) is 0. The van der Waals surface area contributed by atoms with Gasteiger partial charge < -0.3 is 9.30 Å². The number of nitrogens with zero attached hydrogens (tertiary/aromatic N) is 2. The number of ether oxygens (including phenoxy) is 1. The number of hydrogen-bond donors (Lipinski definition) is 0. The highest BCUT2D eigenvalue weighted by Gasteiger charge is 2.09. The molecule has 0 aliphatic rings. The van der Waals surface area contributed by atoms with Crippen LogP contribution in [0, 0.1) is 13.8 Å². The van der Waals surface area contributed by atoms with Crippen LogP contribution in [0.5, 0.6) is 11.5 Å². The predicted molar refractivity (Wildman–Crippen MR) is 121 cm³/mol. The van der Waals surface area contributed by atoms with Crippen molar-refractivity contribution in [3.63, 3.8) is 0 Å². The van der Waals surface area contributed by atoms with Crippen molar-refractivity contribution in [2.45, 2.75) is 27.3 Å². The molecule has 0 atom stereocenters. The molecule has 4 rings (SSSR count). The van der Waals surface area contributed by atoms with Gasteiger partial charge in [0.2, 0.25) is 0 Å². The first kappa shape index (κ1) is 19.2. The van der Waals surface area contributed by atoms with Crippen molar-refractivity contribution in [1.82, 2.24) is 4.57 Å². The van der Waals surface area contributed by atoms with Gasteiger partial charge in [0.05, 0.1) is 11.4 Å². The van der Waals surface area contributed by atoms with E-state index in [1.165, 1.54) is 22.4 Å². The molecule has 3 aromatic carbocycles. The maximum atomic E-state index is 5.87. The summed E-state index contributed by atoms with van der Waals surface area (Å²) in [6, 6.07) is 24.3. The fourth-order valence-corrected chi connectivity index (χ4v) is 4.26. The molecule has 0 fully saturated rings. The second-order valence-corrected chi connectivity index (χ2v) is 7.82. The highest BCUT2D eigenvalue weighted by atomic mass is 32.1. The lowest BCUT2D eigenvalue weighted by Gasteiger charge is -2.10. The van der Waals surface area contributed by atoms with Crippen LogP contribution in [0.15, 0.2) is 83.2 Å². The molecule has 0 aliphatic heterocycles. The fraction of sp³-hybridized carbons (Fsp3) is 0.160. The maximum absolute atomic E-state index is 5.87. The van der Waals surface area contributed by atoms with Crippen molar-refractivity contribution in [3.8, 4) is 22.8 Å². The van der Waals surface area contributed by atoms with E-state index in [0.717, 1.165) is 28.5 Å². The molecule has 0 N–H and O–H groups in total. The molecule has 0 spiro atoms. The van der Waals surface area contributed by atoms with Crippen molar-refractivity contribution in [2.24, 2.45) is 4.99 Å². The second kappa shape index (κ2) is 8.50. The Morgan fingerprint density at radius 1 is 0.897 bits per heavy atom. The number of aryl methyl sites for hydroxylation is 2. The molecular weight excluding hydrogens is 376 g/mol. The van der Waals surface area contributed by atoms with E-state index in [0.29, 0.717) is 0 Å². The van der Waals surface area contributed by atoms with Gasteiger partial charge in [0.15, 0.2) is 4.80 Å². The van der Waals surface area contributed by atoms with Gasteiger partial charge in [-0.1, -0.05) is 35.9 Å². The Hall–Kier alpha value is -3.11. The van der Waals surface area contributed by atoms with Crippen LogP contribution in [0.3, 0.4) is 0 Å². The lowest BCUT2D eigenvalue weighted by atomic mass is 10.0. The third-order valence-corrected chi connectivity index (χ3v) is 5.69. The second-order valence-electron chi connectivity index (χ2n) is 6.99. The Balaban J connectivity index is 1.65. The summed E-state index contributed by atoms with van der Waals surface area (Å²) in [6.45, 7) is 7.34. The zero-order valence-corrected chi connectivity index (χ0v) is 17.7. The van der Waals surface area contributed by atoms with Crippen molar-refractivity contribution < 1.29 is 4.74 Å². The standard InChI is InChI=1S/C25H24N2OS/c1-4-27-24(23-16-18(2)10-11-19(23)3)17-29-25(27)26-20-12-14-22(15-13-20)28-21-8-6-5-7-9-21/h5-17H,4H2,1-3H3. The number of hydrogen-bond acceptors (Lipinski definition) is 3. The Kier molecular flexibility index (Phi) is 5.63. The molecule has 0 saturated heterocycles. The predicted octanol–water partition coefficient (Wildman–Crippen LogP) is 6.88. The zero-order chi connectivity index (χ0) is 20.2. The van der Waals surface area contributed by atoms with E-state index in [9.17, 15) is 0 Å². The van der Waals surface area contributed by atoms with Gasteiger partial charge >= 0.3 is 0 Å². The molecule has 4 aromatic rings. The molecule has 146 valence electrons. The summed E-state index contributed by atoms with van der Waals surface area (Å²) in [4.78, 5) is 5.88. The van der Waals surface area contributed by atoms with Crippen molar-refractivity contribution in [1.29, 1.82) is 0 Å². The monoisotopic (exact) mass is 400 g/mol. The van der Waals surface area contributed by atoms with Crippen LogP contribution in [-0.2, 0) is 6.54 Å². The molecule has 3 nitrogen and oxygen atoms in total. The molecule has 0 radical (unpaired) electrons. The van der Waals surface area contributed by atoms with E-state index < -0.39 is 0 Å². The van der Waals surface area contributed by atoms with E-state index in [1.54, 1.807) is 11.3 Å². The van der Waals surface area contributed by atoms with Gasteiger partial charge in [-0.3, -0.25) is 0 Å². The van der Waals surface area contributed by atoms with E-state index in [2.05, 4.69) is 48.9 Å². The molecule has 1 heterocycles. The Morgan fingerprint density at radius 3 is 2.34 bits per heavy atom. The third-order valence-electron chi connectivity index (χ3n) is 4.82. The minimum absolute atomic E-state index is 0.806. The molecule has 0 unspecified atom stereocenters. The van der Waals surface area contributed by atoms with Crippen LogP contribution < -0.4 is 9.54 Å². The largest absolute Gasteiger partial charge is 0.457 e. The summed E-state index contributed by atoms with van der Waals surface area (Å²) in [6.07, 6.45) is 0. The van der Waals surface area contributed by atoms with E-state index >= 15 is 0 Å². The molecule has 0 bridgehead atoms. The first-order valence-electron chi connectivity index (χ1n) is 9.77. The van der Waals surface area contributed by atoms with E-state index in [4.69, 9.17) is 9.73 Å². The summed E-state index contributed by atoms with van der Waals surface area (Å²) in [5, 5.41) is 2.21. The topological polar surface area (TPSA) is 26.5 Å². The van der Waals surface area contributed by atoms with E-state index in [-0.39, 0.29) is 0 Å². The molecule has 0 saturated carbocycles. The maximum Gasteiger partial charge on any atom is 0.190 e. The third kappa shape index (κ3) is 4.33. The van der Waals surface area contributed by atoms with Gasteiger partial charge in [-0.05, 0) is 68.8 Å². The van der Waals surface area contributed by atoms with Crippen LogP contribution in [0.2, 0.25) is 0 Å². The minimum Gasteiger partial charge on any atom is -0.457 e. The van der Waals surface area contributed by atoms with Gasteiger partial charge in [0, 0.05) is 17.5 Å². The minimum atomic E-state index is 0.806. The van der Waals surface area contributed by atoms with Crippen LogP contribution in [0.1, 0.15) is 18.1 Å². The van der Waals surface area contributed by atoms with Gasteiger partial charge in [0.25, 0.3) is 0 Å². The van der Waals surface area contributed by atoms with Crippen molar-refractivity contribution >= 4 is 17.0 Å². The molecule has 4 heteroatoms. The number of para-hydroxylation sites is 1. The molecule has 1 aromatic heterocycles. The van der Waals surface area contributed by atoms with Crippen molar-refractivity contribution in [3.05, 3.63) is 94.1 Å². The lowest BCUT2D eigenvalue weighted by Crippen LogP contribution is -2.14. The molecule has 0 aliphatic carbocycles. The first-order valence-corrected chi connectivity index (χ1v) is 10.7. The van der Waals surface area contributed by atoms with Gasteiger partial charge in [-0.15, -0.1) is 11.3 Å². The quantitative estimate of drug-likeness (QED) is 0.359. The normalized spacial score (nSPS) is 11.6. The zero-order valence-electron chi connectivity index (χ0n) is 16.9. The highest BCUT2D eigenvalue weighted by molar-refractivity contribution is 7.07. The fourth-order valence-electron chi connectivity index (χ4n) is 3.28. The molecular formula is C25H24N2OS. The van der Waals surface area contributed by atoms with E-state index in [1.807, 2.05) is 54.6 Å². The van der Waals surface area contributed by atoms with Crippen molar-refractivity contribution in [2.75, 3.05) is 0 Å². The Bertz CT molecular complexity index is 1170. The summed E-state index contributed by atoms with van der Waals surface area (Å²) in [5.41, 5.74) is 5.97. The highest BCUT2D eigenvalue weighted by Crippen LogP contribution is 2.26. The number of thiazole rings is 1. The first-order chi connectivity index (χ1) is 14.1. The number of aromatic nitrogens is 1. The average molecular weight is 401 g/mol. The van der Waals surface area contributed by atoms with Crippen LogP contribution in [-0.4, -0.2) is 4.57 Å². The molecule has 0 amide bonds. The molecule has 29 heavy (non-hydrogen) atoms. The Labute approximate surface area is 175 Å². The number of benzene rings is 3. The van der Waals surface area contributed by atoms with Gasteiger partial charge in [-0.2, -0.15) is 0 Å². The average Bonchev–Trinajstić information content (AvgIpc) is 3.14. The van der Waals surface area contributed by atoms with Gasteiger partial charge in [-0.25, -0.2) is 4.99 Å². The van der Waals surface area contributed by atoms with Crippen LogP contribution in [0.25, 0.3) is 11.3 Å². The van der Waals surface area contributed by atoms with Crippen LogP contribution >= 0.6 is 11.3 Å². The number of rotatable bonds is 5. The summed E-state index contributed by atoms with van der Waals surface area (Å²) in [5.74, 6) is 1.64. The van der Waals surface area contributed by atoms with Crippen LogP contribution in [0.4, 0.5) is 5.69 Å².